The van der Waals surface area contributed by atoms with Crippen LogP contribution in [0.5, 0.6) is 0 Å². The molecule has 1 unspecified atom stereocenters. The van der Waals surface area contributed by atoms with Crippen LogP contribution in [0.1, 0.15) is 42.6 Å². The van der Waals surface area contributed by atoms with Crippen molar-refractivity contribution in [3.05, 3.63) is 33.4 Å². The lowest BCUT2D eigenvalue weighted by Gasteiger charge is -2.16. The first-order valence-electron chi connectivity index (χ1n) is 5.78. The van der Waals surface area contributed by atoms with Crippen LogP contribution >= 0.6 is 0 Å². The van der Waals surface area contributed by atoms with Gasteiger partial charge in [-0.1, -0.05) is 6.92 Å². The third-order valence-electron chi connectivity index (χ3n) is 3.43. The lowest BCUT2D eigenvalue weighted by molar-refractivity contribution is 0.576. The van der Waals surface area contributed by atoms with E-state index in [0.29, 0.717) is 5.92 Å². The SMILES string of the molecule is Cc1cc(=O)n2[nH]c3c(c2n1)CCCC3C. The Kier molecular flexibility index (Phi) is 1.93. The first-order valence-corrected chi connectivity index (χ1v) is 5.78. The average molecular weight is 217 g/mol. The lowest BCUT2D eigenvalue weighted by Crippen LogP contribution is -2.14. The zero-order valence-electron chi connectivity index (χ0n) is 9.58. The zero-order chi connectivity index (χ0) is 11.3. The average Bonchev–Trinajstić information content (AvgIpc) is 2.59. The van der Waals surface area contributed by atoms with Gasteiger partial charge < -0.3 is 0 Å². The molecule has 0 bridgehead atoms. The summed E-state index contributed by atoms with van der Waals surface area (Å²) < 4.78 is 1.58. The van der Waals surface area contributed by atoms with Crippen molar-refractivity contribution < 1.29 is 0 Å². The van der Waals surface area contributed by atoms with Crippen LogP contribution in [0.3, 0.4) is 0 Å². The van der Waals surface area contributed by atoms with E-state index in [1.807, 2.05) is 6.92 Å². The maximum Gasteiger partial charge on any atom is 0.272 e. The number of H-pyrrole nitrogens is 1. The number of rotatable bonds is 0. The van der Waals surface area contributed by atoms with E-state index in [-0.39, 0.29) is 5.56 Å². The van der Waals surface area contributed by atoms with Crippen LogP contribution in [0.15, 0.2) is 10.9 Å². The second-order valence-electron chi connectivity index (χ2n) is 4.69. The van der Waals surface area contributed by atoms with Gasteiger partial charge in [-0.2, -0.15) is 0 Å². The molecular weight excluding hydrogens is 202 g/mol. The second kappa shape index (κ2) is 3.20. The summed E-state index contributed by atoms with van der Waals surface area (Å²) in [4.78, 5) is 16.3. The summed E-state index contributed by atoms with van der Waals surface area (Å²) in [5.74, 6) is 0.505. The Morgan fingerprint density at radius 3 is 3.19 bits per heavy atom. The highest BCUT2D eigenvalue weighted by atomic mass is 16.1. The Balaban J connectivity index is 2.41. The molecule has 0 radical (unpaired) electrons. The minimum Gasteiger partial charge on any atom is -0.293 e. The molecule has 2 heterocycles. The number of fused-ring (bicyclic) bond motifs is 3. The molecule has 1 aliphatic rings. The molecule has 4 heteroatoms. The van der Waals surface area contributed by atoms with Gasteiger partial charge in [0.15, 0.2) is 5.65 Å². The predicted octanol–water partition coefficient (Wildman–Crippen LogP) is 1.77. The monoisotopic (exact) mass is 217 g/mol. The van der Waals surface area contributed by atoms with E-state index < -0.39 is 0 Å². The van der Waals surface area contributed by atoms with Crippen LogP contribution in [-0.2, 0) is 6.42 Å². The fraction of sp³-hybridized carbons (Fsp3) is 0.500. The highest BCUT2D eigenvalue weighted by molar-refractivity contribution is 5.52. The molecule has 1 aliphatic carbocycles. The number of aromatic amines is 1. The third-order valence-corrected chi connectivity index (χ3v) is 3.43. The number of hydrogen-bond donors (Lipinski definition) is 1. The molecule has 2 aromatic rings. The van der Waals surface area contributed by atoms with E-state index in [1.54, 1.807) is 10.6 Å². The molecule has 0 aromatic carbocycles. The number of aromatic nitrogens is 3. The summed E-state index contributed by atoms with van der Waals surface area (Å²) >= 11 is 0. The van der Waals surface area contributed by atoms with Crippen molar-refractivity contribution in [3.8, 4) is 0 Å². The second-order valence-corrected chi connectivity index (χ2v) is 4.69. The van der Waals surface area contributed by atoms with Gasteiger partial charge in [0, 0.05) is 23.0 Å². The van der Waals surface area contributed by atoms with E-state index in [4.69, 9.17) is 0 Å². The molecule has 4 nitrogen and oxygen atoms in total. The minimum absolute atomic E-state index is 0.0101. The molecule has 2 aromatic heterocycles. The fourth-order valence-corrected chi connectivity index (χ4v) is 2.60. The summed E-state index contributed by atoms with van der Waals surface area (Å²) in [6.45, 7) is 4.07. The first-order chi connectivity index (χ1) is 7.66. The predicted molar refractivity (Wildman–Crippen MR) is 61.9 cm³/mol. The van der Waals surface area contributed by atoms with Crippen LogP contribution in [0.2, 0.25) is 0 Å². The Morgan fingerprint density at radius 1 is 1.56 bits per heavy atom. The van der Waals surface area contributed by atoms with E-state index in [2.05, 4.69) is 17.0 Å². The standard InChI is InChI=1S/C12H15N3O/c1-7-4-3-5-9-11(7)14-15-10(16)6-8(2)13-12(9)15/h6-7,14H,3-5H2,1-2H3. The van der Waals surface area contributed by atoms with E-state index in [9.17, 15) is 4.79 Å². The first kappa shape index (κ1) is 9.63. The number of nitrogens with one attached hydrogen (secondary N) is 1. The summed E-state index contributed by atoms with van der Waals surface area (Å²) in [6, 6.07) is 1.57. The van der Waals surface area contributed by atoms with Gasteiger partial charge in [-0.15, -0.1) is 0 Å². The van der Waals surface area contributed by atoms with E-state index in [0.717, 1.165) is 17.8 Å². The van der Waals surface area contributed by atoms with Crippen LogP contribution in [0.25, 0.3) is 5.65 Å². The zero-order valence-corrected chi connectivity index (χ0v) is 9.58. The molecule has 84 valence electrons. The lowest BCUT2D eigenvalue weighted by atomic mass is 9.89. The highest BCUT2D eigenvalue weighted by Gasteiger charge is 2.22. The van der Waals surface area contributed by atoms with Crippen molar-refractivity contribution in [3.63, 3.8) is 0 Å². The smallest absolute Gasteiger partial charge is 0.272 e. The molecule has 3 rings (SSSR count). The van der Waals surface area contributed by atoms with Crippen molar-refractivity contribution in [2.75, 3.05) is 0 Å². The molecule has 0 saturated carbocycles. The van der Waals surface area contributed by atoms with Gasteiger partial charge in [0.1, 0.15) is 0 Å². The molecule has 0 aliphatic heterocycles. The van der Waals surface area contributed by atoms with E-state index >= 15 is 0 Å². The summed E-state index contributed by atoms with van der Waals surface area (Å²) in [6.07, 6.45) is 3.40. The number of nitrogens with zero attached hydrogens (tertiary/aromatic N) is 2. The largest absolute Gasteiger partial charge is 0.293 e. The maximum absolute atomic E-state index is 11.8. The third kappa shape index (κ3) is 1.22. The number of hydrogen-bond acceptors (Lipinski definition) is 2. The minimum atomic E-state index is -0.0101. The molecule has 0 spiro atoms. The van der Waals surface area contributed by atoms with Crippen LogP contribution in [0, 0.1) is 6.92 Å². The van der Waals surface area contributed by atoms with Gasteiger partial charge in [0.05, 0.1) is 0 Å². The molecule has 0 fully saturated rings. The van der Waals surface area contributed by atoms with Crippen LogP contribution in [-0.4, -0.2) is 14.6 Å². The highest BCUT2D eigenvalue weighted by Crippen LogP contribution is 2.31. The molecule has 1 N–H and O–H groups in total. The Morgan fingerprint density at radius 2 is 2.38 bits per heavy atom. The summed E-state index contributed by atoms with van der Waals surface area (Å²) in [5.41, 5.74) is 4.04. The van der Waals surface area contributed by atoms with Crippen molar-refractivity contribution in [1.82, 2.24) is 14.6 Å². The van der Waals surface area contributed by atoms with Crippen LogP contribution in [0.4, 0.5) is 0 Å². The molecule has 1 atom stereocenters. The topological polar surface area (TPSA) is 50.2 Å². The normalized spacial score (nSPS) is 20.0. The molecule has 16 heavy (non-hydrogen) atoms. The Hall–Kier alpha value is -1.58. The molecule has 0 amide bonds. The van der Waals surface area contributed by atoms with Gasteiger partial charge in [-0.3, -0.25) is 9.89 Å². The van der Waals surface area contributed by atoms with Crippen molar-refractivity contribution in [2.45, 2.75) is 39.0 Å². The van der Waals surface area contributed by atoms with Gasteiger partial charge in [-0.05, 0) is 32.1 Å². The quantitative estimate of drug-likeness (QED) is 0.731. The van der Waals surface area contributed by atoms with Gasteiger partial charge >= 0.3 is 0 Å². The van der Waals surface area contributed by atoms with Crippen molar-refractivity contribution in [1.29, 1.82) is 0 Å². The van der Waals surface area contributed by atoms with Gasteiger partial charge in [-0.25, -0.2) is 9.50 Å². The summed E-state index contributed by atoms with van der Waals surface area (Å²) in [7, 11) is 0. The Labute approximate surface area is 93.3 Å². The fourth-order valence-electron chi connectivity index (χ4n) is 2.60. The van der Waals surface area contributed by atoms with Crippen LogP contribution < -0.4 is 5.56 Å². The summed E-state index contributed by atoms with van der Waals surface area (Å²) in [5, 5.41) is 3.20. The van der Waals surface area contributed by atoms with Gasteiger partial charge in [0.25, 0.3) is 5.56 Å². The van der Waals surface area contributed by atoms with Crippen molar-refractivity contribution in [2.24, 2.45) is 0 Å². The molecule has 0 saturated heterocycles. The van der Waals surface area contributed by atoms with Crippen molar-refractivity contribution >= 4 is 5.65 Å². The number of aryl methyl sites for hydroxylation is 2. The van der Waals surface area contributed by atoms with Gasteiger partial charge in [0.2, 0.25) is 0 Å². The molecular formula is C12H15N3O. The van der Waals surface area contributed by atoms with E-state index in [1.165, 1.54) is 24.1 Å². The maximum atomic E-state index is 11.8. The Bertz CT molecular complexity index is 608.